The Kier molecular flexibility index (Phi) is 4.40. The predicted octanol–water partition coefficient (Wildman–Crippen LogP) is 3.29. The third kappa shape index (κ3) is 3.29. The molecule has 1 heterocycles. The molecule has 0 aliphatic carbocycles. The van der Waals surface area contributed by atoms with Crippen molar-refractivity contribution in [2.24, 2.45) is 0 Å². The maximum Gasteiger partial charge on any atom is 0.327 e. The number of hydrogen-bond donors (Lipinski definition) is 0. The Bertz CT molecular complexity index is 662. The molecule has 0 N–H and O–H groups in total. The van der Waals surface area contributed by atoms with Gasteiger partial charge in [0, 0.05) is 11.3 Å². The van der Waals surface area contributed by atoms with E-state index in [0.29, 0.717) is 5.56 Å². The van der Waals surface area contributed by atoms with Gasteiger partial charge in [0.1, 0.15) is 12.4 Å². The van der Waals surface area contributed by atoms with E-state index >= 15 is 0 Å². The van der Waals surface area contributed by atoms with E-state index in [-0.39, 0.29) is 24.2 Å². The van der Waals surface area contributed by atoms with Gasteiger partial charge in [-0.25, -0.2) is 4.39 Å². The lowest BCUT2D eigenvalue weighted by atomic mass is 10.1. The molecular formula is C16H19FN2O2. The second-order valence-corrected chi connectivity index (χ2v) is 5.31. The van der Waals surface area contributed by atoms with Crippen LogP contribution < -0.4 is 0 Å². The number of methoxy groups -OCH3 is 1. The van der Waals surface area contributed by atoms with Crippen LogP contribution in [-0.2, 0) is 16.1 Å². The maximum atomic E-state index is 13.4. The van der Waals surface area contributed by atoms with Crippen LogP contribution in [0.2, 0.25) is 0 Å². The number of benzene rings is 1. The number of halogens is 1. The van der Waals surface area contributed by atoms with Crippen molar-refractivity contribution in [3.8, 4) is 11.3 Å². The van der Waals surface area contributed by atoms with Gasteiger partial charge in [-0.2, -0.15) is 5.10 Å². The Labute approximate surface area is 123 Å². The molecule has 0 atom stereocenters. The number of hydrogen-bond acceptors (Lipinski definition) is 3. The summed E-state index contributed by atoms with van der Waals surface area (Å²) >= 11 is 0. The summed E-state index contributed by atoms with van der Waals surface area (Å²) in [6.45, 7) is 5.85. The number of rotatable bonds is 4. The Morgan fingerprint density at radius 2 is 2.10 bits per heavy atom. The molecule has 1 aromatic heterocycles. The van der Waals surface area contributed by atoms with E-state index in [4.69, 9.17) is 0 Å². The lowest BCUT2D eigenvalue weighted by Crippen LogP contribution is -2.15. The molecule has 2 aromatic rings. The molecule has 5 heteroatoms. The first kappa shape index (κ1) is 15.2. The van der Waals surface area contributed by atoms with Gasteiger partial charge < -0.3 is 4.74 Å². The van der Waals surface area contributed by atoms with Crippen LogP contribution in [0.4, 0.5) is 4.39 Å². The number of aromatic nitrogens is 2. The number of esters is 1. The fourth-order valence-electron chi connectivity index (χ4n) is 2.15. The van der Waals surface area contributed by atoms with Crippen LogP contribution in [0.25, 0.3) is 11.3 Å². The van der Waals surface area contributed by atoms with Crippen LogP contribution in [0.1, 0.15) is 31.0 Å². The molecule has 0 aliphatic heterocycles. The average Bonchev–Trinajstić information content (AvgIpc) is 2.85. The Hall–Kier alpha value is -2.17. The summed E-state index contributed by atoms with van der Waals surface area (Å²) in [4.78, 5) is 11.5. The Morgan fingerprint density at radius 3 is 2.67 bits per heavy atom. The SMILES string of the molecule is COC(=O)Cn1nc(-c2ccc(F)c(C)c2)cc1C(C)C. The summed E-state index contributed by atoms with van der Waals surface area (Å²) in [5.41, 5.74) is 3.07. The molecule has 0 amide bonds. The summed E-state index contributed by atoms with van der Waals surface area (Å²) in [6, 6.07) is 6.81. The number of aryl methyl sites for hydroxylation is 1. The number of ether oxygens (including phenoxy) is 1. The molecule has 1 aromatic carbocycles. The van der Waals surface area contributed by atoms with Crippen LogP contribution in [0.5, 0.6) is 0 Å². The minimum atomic E-state index is -0.346. The molecule has 21 heavy (non-hydrogen) atoms. The molecule has 0 saturated heterocycles. The summed E-state index contributed by atoms with van der Waals surface area (Å²) in [7, 11) is 1.35. The highest BCUT2D eigenvalue weighted by Gasteiger charge is 2.15. The summed E-state index contributed by atoms with van der Waals surface area (Å²) < 4.78 is 19.7. The largest absolute Gasteiger partial charge is 0.468 e. The van der Waals surface area contributed by atoms with Crippen LogP contribution in [0, 0.1) is 12.7 Å². The van der Waals surface area contributed by atoms with Gasteiger partial charge in [0.2, 0.25) is 0 Å². The van der Waals surface area contributed by atoms with E-state index in [1.165, 1.54) is 13.2 Å². The highest BCUT2D eigenvalue weighted by atomic mass is 19.1. The van der Waals surface area contributed by atoms with Crippen LogP contribution in [0.15, 0.2) is 24.3 Å². The van der Waals surface area contributed by atoms with Crippen LogP contribution >= 0.6 is 0 Å². The zero-order valence-corrected chi connectivity index (χ0v) is 12.7. The van der Waals surface area contributed by atoms with E-state index < -0.39 is 0 Å². The quantitative estimate of drug-likeness (QED) is 0.812. The van der Waals surface area contributed by atoms with Crippen molar-refractivity contribution in [3.05, 3.63) is 41.3 Å². The zero-order chi connectivity index (χ0) is 15.6. The lowest BCUT2D eigenvalue weighted by molar-refractivity contribution is -0.141. The smallest absolute Gasteiger partial charge is 0.327 e. The minimum absolute atomic E-state index is 0.0736. The Balaban J connectivity index is 2.43. The third-order valence-electron chi connectivity index (χ3n) is 3.36. The highest BCUT2D eigenvalue weighted by molar-refractivity contribution is 5.69. The van der Waals surface area contributed by atoms with Crippen molar-refractivity contribution >= 4 is 5.97 Å². The maximum absolute atomic E-state index is 13.4. The molecule has 0 saturated carbocycles. The number of nitrogens with zero attached hydrogens (tertiary/aromatic N) is 2. The second kappa shape index (κ2) is 6.08. The molecule has 0 radical (unpaired) electrons. The zero-order valence-electron chi connectivity index (χ0n) is 12.7. The molecule has 4 nitrogen and oxygen atoms in total. The average molecular weight is 290 g/mol. The van der Waals surface area contributed by atoms with Crippen molar-refractivity contribution < 1.29 is 13.9 Å². The fraction of sp³-hybridized carbons (Fsp3) is 0.375. The summed E-state index contributed by atoms with van der Waals surface area (Å²) in [6.07, 6.45) is 0. The highest BCUT2D eigenvalue weighted by Crippen LogP contribution is 2.25. The molecular weight excluding hydrogens is 271 g/mol. The fourth-order valence-corrected chi connectivity index (χ4v) is 2.15. The van der Waals surface area contributed by atoms with Crippen molar-refractivity contribution in [2.45, 2.75) is 33.2 Å². The molecule has 0 aliphatic rings. The third-order valence-corrected chi connectivity index (χ3v) is 3.36. The first-order chi connectivity index (χ1) is 9.92. The van der Waals surface area contributed by atoms with Gasteiger partial charge in [-0.05, 0) is 42.7 Å². The molecule has 0 bridgehead atoms. The minimum Gasteiger partial charge on any atom is -0.468 e. The first-order valence-corrected chi connectivity index (χ1v) is 6.83. The van der Waals surface area contributed by atoms with E-state index in [2.05, 4.69) is 9.84 Å². The van der Waals surface area contributed by atoms with Crippen molar-refractivity contribution in [1.29, 1.82) is 0 Å². The summed E-state index contributed by atoms with van der Waals surface area (Å²) in [5, 5.41) is 4.45. The topological polar surface area (TPSA) is 44.1 Å². The molecule has 0 unspecified atom stereocenters. The van der Waals surface area contributed by atoms with Gasteiger partial charge >= 0.3 is 5.97 Å². The monoisotopic (exact) mass is 290 g/mol. The number of carbonyl (C=O) groups is 1. The van der Waals surface area contributed by atoms with E-state index in [1.54, 1.807) is 23.7 Å². The molecule has 2 rings (SSSR count). The van der Waals surface area contributed by atoms with Gasteiger partial charge in [0.15, 0.2) is 0 Å². The van der Waals surface area contributed by atoms with Gasteiger partial charge in [0.25, 0.3) is 0 Å². The van der Waals surface area contributed by atoms with E-state index in [9.17, 15) is 9.18 Å². The number of carbonyl (C=O) groups excluding carboxylic acids is 1. The van der Waals surface area contributed by atoms with Crippen molar-refractivity contribution in [1.82, 2.24) is 9.78 Å². The predicted molar refractivity (Wildman–Crippen MR) is 78.5 cm³/mol. The van der Waals surface area contributed by atoms with Crippen molar-refractivity contribution in [3.63, 3.8) is 0 Å². The van der Waals surface area contributed by atoms with Crippen molar-refractivity contribution in [2.75, 3.05) is 7.11 Å². The van der Waals surface area contributed by atoms with Gasteiger partial charge in [-0.15, -0.1) is 0 Å². The summed E-state index contributed by atoms with van der Waals surface area (Å²) in [5.74, 6) is -0.365. The Morgan fingerprint density at radius 1 is 1.38 bits per heavy atom. The first-order valence-electron chi connectivity index (χ1n) is 6.83. The molecule has 112 valence electrons. The lowest BCUT2D eigenvalue weighted by Gasteiger charge is -2.08. The molecule has 0 fully saturated rings. The van der Waals surface area contributed by atoms with E-state index in [1.807, 2.05) is 19.9 Å². The normalized spacial score (nSPS) is 11.0. The second-order valence-electron chi connectivity index (χ2n) is 5.31. The van der Waals surface area contributed by atoms with E-state index in [0.717, 1.165) is 17.0 Å². The van der Waals surface area contributed by atoms with Crippen LogP contribution in [-0.4, -0.2) is 22.9 Å². The molecule has 0 spiro atoms. The van der Waals surface area contributed by atoms with Gasteiger partial charge in [-0.1, -0.05) is 13.8 Å². The van der Waals surface area contributed by atoms with Gasteiger partial charge in [-0.3, -0.25) is 9.48 Å². The standard InChI is InChI=1S/C16H19FN2O2/c1-10(2)15-8-14(18-19(15)9-16(20)21-4)12-5-6-13(17)11(3)7-12/h5-8,10H,9H2,1-4H3. The van der Waals surface area contributed by atoms with Gasteiger partial charge in [0.05, 0.1) is 12.8 Å². The van der Waals surface area contributed by atoms with Crippen LogP contribution in [0.3, 0.4) is 0 Å².